The summed E-state index contributed by atoms with van der Waals surface area (Å²) in [7, 11) is 0. The predicted octanol–water partition coefficient (Wildman–Crippen LogP) is 3.56. The van der Waals surface area contributed by atoms with E-state index in [0.29, 0.717) is 18.4 Å². The molecule has 0 bridgehead atoms. The van der Waals surface area contributed by atoms with Crippen molar-refractivity contribution < 1.29 is 4.52 Å². The van der Waals surface area contributed by atoms with Gasteiger partial charge in [0.2, 0.25) is 5.89 Å². The fourth-order valence-electron chi connectivity index (χ4n) is 3.08. The first-order valence-corrected chi connectivity index (χ1v) is 7.94. The van der Waals surface area contributed by atoms with E-state index in [2.05, 4.69) is 22.4 Å². The third-order valence-corrected chi connectivity index (χ3v) is 4.27. The Labute approximate surface area is 129 Å². The maximum absolute atomic E-state index is 6.00. The van der Waals surface area contributed by atoms with Gasteiger partial charge in [-0.1, -0.05) is 42.2 Å². The Morgan fingerprint density at radius 1 is 1.38 bits per heavy atom. The molecule has 1 aliphatic rings. The number of nitrogens with zero attached hydrogens (tertiary/aromatic N) is 2. The van der Waals surface area contributed by atoms with Crippen LogP contribution in [-0.2, 0) is 6.42 Å². The van der Waals surface area contributed by atoms with Crippen molar-refractivity contribution in [1.29, 1.82) is 0 Å². The Kier molecular flexibility index (Phi) is 4.56. The lowest BCUT2D eigenvalue weighted by Crippen LogP contribution is -2.31. The molecule has 0 saturated heterocycles. The molecule has 1 aromatic carbocycles. The third-order valence-electron chi connectivity index (χ3n) is 4.03. The predicted molar refractivity (Wildman–Crippen MR) is 82.6 cm³/mol. The van der Waals surface area contributed by atoms with Crippen LogP contribution < -0.4 is 5.32 Å². The van der Waals surface area contributed by atoms with Gasteiger partial charge in [-0.05, 0) is 37.1 Å². The van der Waals surface area contributed by atoms with E-state index in [0.717, 1.165) is 35.3 Å². The van der Waals surface area contributed by atoms with Crippen molar-refractivity contribution in [3.8, 4) is 0 Å². The molecule has 1 heterocycles. The Balaban J connectivity index is 1.71. The average molecular weight is 306 g/mol. The minimum absolute atomic E-state index is 0.352. The van der Waals surface area contributed by atoms with Gasteiger partial charge in [0.1, 0.15) is 0 Å². The SMILES string of the molecule is CCNC1CCCC1c1nc(Cc2cccc(Cl)c2)no1. The second-order valence-corrected chi connectivity index (χ2v) is 5.99. The molecule has 21 heavy (non-hydrogen) atoms. The number of hydrogen-bond donors (Lipinski definition) is 1. The largest absolute Gasteiger partial charge is 0.339 e. The van der Waals surface area contributed by atoms with Gasteiger partial charge in [0.15, 0.2) is 5.82 Å². The van der Waals surface area contributed by atoms with Crippen molar-refractivity contribution in [2.24, 2.45) is 0 Å². The summed E-state index contributed by atoms with van der Waals surface area (Å²) in [6, 6.07) is 8.24. The van der Waals surface area contributed by atoms with Crippen molar-refractivity contribution in [3.05, 3.63) is 46.6 Å². The molecular formula is C16H20ClN3O. The van der Waals surface area contributed by atoms with Crippen molar-refractivity contribution >= 4 is 11.6 Å². The fraction of sp³-hybridized carbons (Fsp3) is 0.500. The Morgan fingerprint density at radius 3 is 3.10 bits per heavy atom. The first kappa shape index (κ1) is 14.5. The highest BCUT2D eigenvalue weighted by Crippen LogP contribution is 2.33. The Morgan fingerprint density at radius 2 is 2.29 bits per heavy atom. The molecular weight excluding hydrogens is 286 g/mol. The summed E-state index contributed by atoms with van der Waals surface area (Å²) >= 11 is 6.00. The maximum Gasteiger partial charge on any atom is 0.231 e. The van der Waals surface area contributed by atoms with Gasteiger partial charge in [-0.2, -0.15) is 4.98 Å². The Bertz CT molecular complexity index is 599. The zero-order valence-corrected chi connectivity index (χ0v) is 12.9. The molecule has 0 aliphatic heterocycles. The van der Waals surface area contributed by atoms with Crippen LogP contribution in [0.3, 0.4) is 0 Å². The monoisotopic (exact) mass is 305 g/mol. The number of nitrogens with one attached hydrogen (secondary N) is 1. The summed E-state index contributed by atoms with van der Waals surface area (Å²) in [5, 5.41) is 8.37. The normalized spacial score (nSPS) is 21.8. The number of rotatable bonds is 5. The highest BCUT2D eigenvalue weighted by Gasteiger charge is 2.32. The maximum atomic E-state index is 6.00. The van der Waals surface area contributed by atoms with Gasteiger partial charge in [-0.25, -0.2) is 0 Å². The van der Waals surface area contributed by atoms with Crippen LogP contribution in [0, 0.1) is 0 Å². The summed E-state index contributed by atoms with van der Waals surface area (Å²) in [6.45, 7) is 3.11. The van der Waals surface area contributed by atoms with Gasteiger partial charge in [-0.3, -0.25) is 0 Å². The molecule has 0 spiro atoms. The van der Waals surface area contributed by atoms with Gasteiger partial charge in [-0.15, -0.1) is 0 Å². The molecule has 4 nitrogen and oxygen atoms in total. The lowest BCUT2D eigenvalue weighted by Gasteiger charge is -2.16. The van der Waals surface area contributed by atoms with Crippen LogP contribution in [-0.4, -0.2) is 22.7 Å². The fourth-order valence-corrected chi connectivity index (χ4v) is 3.29. The molecule has 3 rings (SSSR count). The van der Waals surface area contributed by atoms with E-state index in [1.54, 1.807) is 0 Å². The molecule has 5 heteroatoms. The van der Waals surface area contributed by atoms with E-state index >= 15 is 0 Å². The quantitative estimate of drug-likeness (QED) is 0.917. The van der Waals surface area contributed by atoms with Crippen LogP contribution in [0.4, 0.5) is 0 Å². The van der Waals surface area contributed by atoms with Crippen molar-refractivity contribution in [2.45, 2.75) is 44.6 Å². The highest BCUT2D eigenvalue weighted by atomic mass is 35.5. The zero-order chi connectivity index (χ0) is 14.7. The molecule has 0 radical (unpaired) electrons. The van der Waals surface area contributed by atoms with E-state index in [4.69, 9.17) is 16.1 Å². The lowest BCUT2D eigenvalue weighted by atomic mass is 10.0. The standard InChI is InChI=1S/C16H20ClN3O/c1-2-18-14-8-4-7-13(14)16-19-15(20-21-16)10-11-5-3-6-12(17)9-11/h3,5-6,9,13-14,18H,2,4,7-8,10H2,1H3. The molecule has 112 valence electrons. The summed E-state index contributed by atoms with van der Waals surface area (Å²) < 4.78 is 5.49. The molecule has 2 atom stereocenters. The van der Waals surface area contributed by atoms with Crippen molar-refractivity contribution in [1.82, 2.24) is 15.5 Å². The molecule has 0 amide bonds. The zero-order valence-electron chi connectivity index (χ0n) is 12.2. The average Bonchev–Trinajstić information content (AvgIpc) is 3.08. The van der Waals surface area contributed by atoms with Crippen LogP contribution in [0.5, 0.6) is 0 Å². The molecule has 1 fully saturated rings. The van der Waals surface area contributed by atoms with Crippen LogP contribution >= 0.6 is 11.6 Å². The second kappa shape index (κ2) is 6.58. The first-order chi connectivity index (χ1) is 10.3. The van der Waals surface area contributed by atoms with Crippen molar-refractivity contribution in [2.75, 3.05) is 6.54 Å². The smallest absolute Gasteiger partial charge is 0.231 e. The number of aromatic nitrogens is 2. The molecule has 2 aromatic rings. The van der Waals surface area contributed by atoms with Gasteiger partial charge < -0.3 is 9.84 Å². The van der Waals surface area contributed by atoms with E-state index in [1.807, 2.05) is 24.3 Å². The van der Waals surface area contributed by atoms with Crippen LogP contribution in [0.1, 0.15) is 49.4 Å². The van der Waals surface area contributed by atoms with Gasteiger partial charge >= 0.3 is 0 Å². The topological polar surface area (TPSA) is 51.0 Å². The van der Waals surface area contributed by atoms with Crippen LogP contribution in [0.15, 0.2) is 28.8 Å². The molecule has 1 aliphatic carbocycles. The summed E-state index contributed by atoms with van der Waals surface area (Å²) in [5.74, 6) is 1.86. The number of likely N-dealkylation sites (N-methyl/N-ethyl adjacent to an activating group) is 1. The van der Waals surface area contributed by atoms with Crippen LogP contribution in [0.25, 0.3) is 0 Å². The molecule has 1 N–H and O–H groups in total. The number of halogens is 1. The Hall–Kier alpha value is -1.39. The molecule has 2 unspecified atom stereocenters. The van der Waals surface area contributed by atoms with E-state index in [1.165, 1.54) is 12.8 Å². The van der Waals surface area contributed by atoms with E-state index in [9.17, 15) is 0 Å². The molecule has 1 aromatic heterocycles. The second-order valence-electron chi connectivity index (χ2n) is 5.56. The van der Waals surface area contributed by atoms with Gasteiger partial charge in [0.25, 0.3) is 0 Å². The van der Waals surface area contributed by atoms with E-state index in [-0.39, 0.29) is 0 Å². The summed E-state index contributed by atoms with van der Waals surface area (Å²) in [6.07, 6.45) is 4.18. The van der Waals surface area contributed by atoms with Gasteiger partial charge in [0, 0.05) is 17.5 Å². The van der Waals surface area contributed by atoms with Gasteiger partial charge in [0.05, 0.1) is 5.92 Å². The summed E-state index contributed by atoms with van der Waals surface area (Å²) in [5.41, 5.74) is 1.10. The minimum atomic E-state index is 0.352. The molecule has 1 saturated carbocycles. The van der Waals surface area contributed by atoms with Crippen LogP contribution in [0.2, 0.25) is 5.02 Å². The third kappa shape index (κ3) is 3.44. The van der Waals surface area contributed by atoms with E-state index < -0.39 is 0 Å². The first-order valence-electron chi connectivity index (χ1n) is 7.56. The van der Waals surface area contributed by atoms with Crippen molar-refractivity contribution in [3.63, 3.8) is 0 Å². The highest BCUT2D eigenvalue weighted by molar-refractivity contribution is 6.30. The lowest BCUT2D eigenvalue weighted by molar-refractivity contribution is 0.329. The summed E-state index contributed by atoms with van der Waals surface area (Å²) in [4.78, 5) is 4.59. The minimum Gasteiger partial charge on any atom is -0.339 e. The number of hydrogen-bond acceptors (Lipinski definition) is 4. The number of benzene rings is 1.